The van der Waals surface area contributed by atoms with Crippen LogP contribution in [0.4, 0.5) is 4.79 Å². The lowest BCUT2D eigenvalue weighted by molar-refractivity contribution is -0.159. The Balaban J connectivity index is 1.28. The van der Waals surface area contributed by atoms with Gasteiger partial charge >= 0.3 is 12.1 Å². The van der Waals surface area contributed by atoms with Crippen LogP contribution in [0.15, 0.2) is 48.5 Å². The summed E-state index contributed by atoms with van der Waals surface area (Å²) in [5, 5.41) is 12.5. The third kappa shape index (κ3) is 4.05. The molecule has 3 fully saturated rings. The minimum absolute atomic E-state index is 0.0786. The lowest BCUT2D eigenvalue weighted by Crippen LogP contribution is -2.59. The molecule has 1 unspecified atom stereocenters. The third-order valence-electron chi connectivity index (χ3n) is 7.67. The molecule has 2 amide bonds. The number of amides is 2. The summed E-state index contributed by atoms with van der Waals surface area (Å²) >= 11 is 0. The van der Waals surface area contributed by atoms with E-state index >= 15 is 0 Å². The first-order valence-electron chi connectivity index (χ1n) is 12.1. The molecular weight excluding hydrogens is 446 g/mol. The van der Waals surface area contributed by atoms with Crippen molar-refractivity contribution in [1.29, 1.82) is 0 Å². The molecule has 8 heteroatoms. The number of ether oxygens (including phenoxy) is 1. The van der Waals surface area contributed by atoms with Crippen LogP contribution in [0.1, 0.15) is 36.3 Å². The summed E-state index contributed by atoms with van der Waals surface area (Å²) in [5.74, 6) is -1.17. The van der Waals surface area contributed by atoms with E-state index in [1.54, 1.807) is 0 Å². The zero-order valence-electron chi connectivity index (χ0n) is 20.1. The standard InChI is InChI=1S/C27H31N3O5/c1-29(2)12-11-23(24(31)30-15-17-13-27(30,14-17)25(32)33)28-26(34)35-16-22-20-9-5-3-7-18(20)19-8-4-6-10-21(19)22/h3-10,17,22-23H,11-16H2,1-2H3,(H,28,34)(H,32,33). The SMILES string of the molecule is CN(C)CCC(NC(=O)OCC1c2ccccc2-c2ccccc21)C(=O)N1CC2CC1(C(=O)O)C2. The second kappa shape index (κ2) is 9.00. The maximum Gasteiger partial charge on any atom is 0.407 e. The Morgan fingerprint density at radius 1 is 1.09 bits per heavy atom. The van der Waals surface area contributed by atoms with E-state index in [0.29, 0.717) is 32.4 Å². The summed E-state index contributed by atoms with van der Waals surface area (Å²) in [6, 6.07) is 15.4. The molecule has 0 radical (unpaired) electrons. The van der Waals surface area contributed by atoms with Gasteiger partial charge in [0.1, 0.15) is 18.2 Å². The Kier molecular flexibility index (Phi) is 6.01. The van der Waals surface area contributed by atoms with E-state index in [1.807, 2.05) is 43.3 Å². The van der Waals surface area contributed by atoms with Gasteiger partial charge in [0.25, 0.3) is 0 Å². The molecule has 184 valence electrons. The summed E-state index contributed by atoms with van der Waals surface area (Å²) in [6.07, 6.45) is 0.672. The summed E-state index contributed by atoms with van der Waals surface area (Å²) in [5.41, 5.74) is 3.39. The van der Waals surface area contributed by atoms with E-state index in [1.165, 1.54) is 4.90 Å². The molecule has 0 aromatic heterocycles. The maximum absolute atomic E-state index is 13.4. The Labute approximate surface area is 204 Å². The highest BCUT2D eigenvalue weighted by molar-refractivity contribution is 5.93. The highest BCUT2D eigenvalue weighted by Crippen LogP contribution is 2.51. The molecule has 8 nitrogen and oxygen atoms in total. The fraction of sp³-hybridized carbons (Fsp3) is 0.444. The first kappa shape index (κ1) is 23.4. The van der Waals surface area contributed by atoms with Crippen molar-refractivity contribution in [3.05, 3.63) is 59.7 Å². The molecule has 1 atom stereocenters. The van der Waals surface area contributed by atoms with E-state index < -0.39 is 23.6 Å². The van der Waals surface area contributed by atoms with Crippen LogP contribution in [0.25, 0.3) is 11.1 Å². The lowest BCUT2D eigenvalue weighted by atomic mass is 9.73. The predicted molar refractivity (Wildman–Crippen MR) is 130 cm³/mol. The molecule has 35 heavy (non-hydrogen) atoms. The van der Waals surface area contributed by atoms with Crippen LogP contribution in [0.5, 0.6) is 0 Å². The second-order valence-corrected chi connectivity index (χ2v) is 10.2. The molecule has 2 aliphatic carbocycles. The monoisotopic (exact) mass is 477 g/mol. The minimum Gasteiger partial charge on any atom is -0.479 e. The molecule has 2 heterocycles. The number of nitrogens with one attached hydrogen (secondary N) is 1. The van der Waals surface area contributed by atoms with E-state index in [9.17, 15) is 19.5 Å². The number of carboxylic acid groups (broad SMARTS) is 1. The van der Waals surface area contributed by atoms with Crippen molar-refractivity contribution in [2.45, 2.75) is 36.8 Å². The van der Waals surface area contributed by atoms with Crippen molar-refractivity contribution in [2.75, 3.05) is 33.8 Å². The molecule has 6 rings (SSSR count). The number of alkyl carbamates (subject to hydrolysis) is 1. The van der Waals surface area contributed by atoms with Crippen LogP contribution in [0, 0.1) is 5.92 Å². The molecule has 2 saturated heterocycles. The van der Waals surface area contributed by atoms with Gasteiger partial charge in [0.2, 0.25) is 5.91 Å². The van der Waals surface area contributed by atoms with Crippen molar-refractivity contribution in [2.24, 2.45) is 5.92 Å². The summed E-state index contributed by atoms with van der Waals surface area (Å²) in [4.78, 5) is 41.6. The summed E-state index contributed by atoms with van der Waals surface area (Å²) in [6.45, 7) is 1.15. The van der Waals surface area contributed by atoms with Gasteiger partial charge in [-0.15, -0.1) is 0 Å². The van der Waals surface area contributed by atoms with Gasteiger partial charge in [-0.1, -0.05) is 48.5 Å². The summed E-state index contributed by atoms with van der Waals surface area (Å²) in [7, 11) is 3.78. The quantitative estimate of drug-likeness (QED) is 0.607. The molecule has 4 aliphatic rings. The van der Waals surface area contributed by atoms with Crippen LogP contribution in [-0.4, -0.2) is 78.2 Å². The molecule has 2 N–H and O–H groups in total. The molecule has 2 aromatic carbocycles. The van der Waals surface area contributed by atoms with E-state index in [0.717, 1.165) is 22.3 Å². The number of nitrogens with zero attached hydrogens (tertiary/aromatic N) is 2. The van der Waals surface area contributed by atoms with Gasteiger partial charge in [0.15, 0.2) is 0 Å². The van der Waals surface area contributed by atoms with E-state index in [4.69, 9.17) is 4.74 Å². The summed E-state index contributed by atoms with van der Waals surface area (Å²) < 4.78 is 5.65. The van der Waals surface area contributed by atoms with E-state index in [2.05, 4.69) is 29.6 Å². The van der Waals surface area contributed by atoms with Crippen molar-refractivity contribution in [3.63, 3.8) is 0 Å². The van der Waals surface area contributed by atoms with Gasteiger partial charge in [-0.3, -0.25) is 4.79 Å². The molecule has 1 saturated carbocycles. The number of carboxylic acids is 1. The molecule has 2 bridgehead atoms. The van der Waals surface area contributed by atoms with Crippen molar-refractivity contribution >= 4 is 18.0 Å². The molecule has 0 spiro atoms. The molecular formula is C27H31N3O5. The minimum atomic E-state index is -1.12. The van der Waals surface area contributed by atoms with Crippen molar-refractivity contribution in [3.8, 4) is 11.1 Å². The number of aliphatic carboxylic acids is 1. The van der Waals surface area contributed by atoms with Crippen molar-refractivity contribution < 1.29 is 24.2 Å². The zero-order chi connectivity index (χ0) is 24.7. The highest BCUT2D eigenvalue weighted by atomic mass is 16.5. The van der Waals surface area contributed by atoms with Gasteiger partial charge in [0, 0.05) is 12.5 Å². The first-order chi connectivity index (χ1) is 16.8. The van der Waals surface area contributed by atoms with Crippen LogP contribution in [0.2, 0.25) is 0 Å². The number of hydrogen-bond acceptors (Lipinski definition) is 5. The number of carbonyl (C=O) groups is 3. The fourth-order valence-corrected chi connectivity index (χ4v) is 5.88. The third-order valence-corrected chi connectivity index (χ3v) is 7.67. The predicted octanol–water partition coefficient (Wildman–Crippen LogP) is 2.92. The molecule has 2 aliphatic heterocycles. The second-order valence-electron chi connectivity index (χ2n) is 10.2. The Morgan fingerprint density at radius 3 is 2.26 bits per heavy atom. The average Bonchev–Trinajstić information content (AvgIpc) is 3.48. The average molecular weight is 478 g/mol. The van der Waals surface area contributed by atoms with Crippen LogP contribution in [-0.2, 0) is 14.3 Å². The Morgan fingerprint density at radius 2 is 1.69 bits per heavy atom. The van der Waals surface area contributed by atoms with E-state index in [-0.39, 0.29) is 24.3 Å². The maximum atomic E-state index is 13.4. The Hall–Kier alpha value is -3.39. The smallest absolute Gasteiger partial charge is 0.407 e. The highest BCUT2D eigenvalue weighted by Gasteiger charge is 2.63. The Bertz CT molecular complexity index is 1110. The normalized spacial score (nSPS) is 22.8. The number of fused-ring (bicyclic) bond motifs is 4. The van der Waals surface area contributed by atoms with Gasteiger partial charge in [-0.25, -0.2) is 9.59 Å². The number of hydrogen-bond donors (Lipinski definition) is 2. The lowest BCUT2D eigenvalue weighted by Gasteiger charge is -2.39. The zero-order valence-corrected chi connectivity index (χ0v) is 20.1. The number of carbonyl (C=O) groups excluding carboxylic acids is 2. The van der Waals surface area contributed by atoms with Gasteiger partial charge in [-0.2, -0.15) is 0 Å². The number of rotatable bonds is 8. The van der Waals surface area contributed by atoms with Gasteiger partial charge < -0.3 is 25.0 Å². The van der Waals surface area contributed by atoms with Gasteiger partial charge in [-0.05, 0) is 68.1 Å². The van der Waals surface area contributed by atoms with Gasteiger partial charge in [0.05, 0.1) is 0 Å². The van der Waals surface area contributed by atoms with Crippen LogP contribution in [0.3, 0.4) is 0 Å². The topological polar surface area (TPSA) is 99.2 Å². The number of benzene rings is 2. The van der Waals surface area contributed by atoms with Crippen molar-refractivity contribution in [1.82, 2.24) is 15.1 Å². The largest absolute Gasteiger partial charge is 0.479 e. The fourth-order valence-electron chi connectivity index (χ4n) is 5.88. The van der Waals surface area contributed by atoms with Crippen LogP contribution >= 0.6 is 0 Å². The van der Waals surface area contributed by atoms with Crippen LogP contribution < -0.4 is 5.32 Å². The first-order valence-corrected chi connectivity index (χ1v) is 12.1. The molecule has 2 aromatic rings.